The first-order valence-electron chi connectivity index (χ1n) is 10.5. The van der Waals surface area contributed by atoms with Crippen LogP contribution in [-0.2, 0) is 17.5 Å². The second-order valence-electron chi connectivity index (χ2n) is 7.90. The number of benzene rings is 2. The molecule has 5 aromatic rings. The molecule has 3 heterocycles. The smallest absolute Gasteiger partial charge is 0.426 e. The van der Waals surface area contributed by atoms with E-state index in [1.807, 2.05) is 18.2 Å². The summed E-state index contributed by atoms with van der Waals surface area (Å²) in [7, 11) is 0. The molecule has 0 saturated carbocycles. The van der Waals surface area contributed by atoms with Crippen LogP contribution in [0.4, 0.5) is 13.2 Å². The topological polar surface area (TPSA) is 60.0 Å². The fourth-order valence-electron chi connectivity index (χ4n) is 3.95. The van der Waals surface area contributed by atoms with Crippen molar-refractivity contribution in [2.45, 2.75) is 19.1 Å². The molecule has 2 aromatic carbocycles. The van der Waals surface area contributed by atoms with Gasteiger partial charge < -0.3 is 14.2 Å². The predicted molar refractivity (Wildman–Crippen MR) is 130 cm³/mol. The van der Waals surface area contributed by atoms with Crippen molar-refractivity contribution in [1.29, 1.82) is 0 Å². The van der Waals surface area contributed by atoms with Gasteiger partial charge in [-0.2, -0.15) is 13.2 Å². The minimum absolute atomic E-state index is 0.0293. The van der Waals surface area contributed by atoms with Crippen molar-refractivity contribution in [2.75, 3.05) is 0 Å². The van der Waals surface area contributed by atoms with E-state index in [1.54, 1.807) is 58.2 Å². The van der Waals surface area contributed by atoms with Gasteiger partial charge in [-0.05, 0) is 29.8 Å². The number of alkyl halides is 3. The van der Waals surface area contributed by atoms with E-state index < -0.39 is 17.0 Å². The molecule has 5 rings (SSSR count). The molecule has 3 aromatic heterocycles. The van der Waals surface area contributed by atoms with Gasteiger partial charge in [-0.25, -0.2) is 4.98 Å². The van der Waals surface area contributed by atoms with Gasteiger partial charge in [-0.3, -0.25) is 4.79 Å². The zero-order valence-electron chi connectivity index (χ0n) is 18.0. The highest BCUT2D eigenvalue weighted by Crippen LogP contribution is 2.45. The van der Waals surface area contributed by atoms with Gasteiger partial charge in [-0.15, -0.1) is 11.3 Å². The van der Waals surface area contributed by atoms with Gasteiger partial charge in [0.15, 0.2) is 0 Å². The van der Waals surface area contributed by atoms with Crippen LogP contribution in [0.25, 0.3) is 38.3 Å². The van der Waals surface area contributed by atoms with Gasteiger partial charge in [-0.1, -0.05) is 41.9 Å². The number of rotatable bonds is 6. The Labute approximate surface area is 206 Å². The molecular formula is C25H17ClF3N3O2S. The van der Waals surface area contributed by atoms with Crippen molar-refractivity contribution in [3.8, 4) is 27.4 Å². The summed E-state index contributed by atoms with van der Waals surface area (Å²) in [4.78, 5) is 15.0. The maximum Gasteiger partial charge on any atom is 0.426 e. The summed E-state index contributed by atoms with van der Waals surface area (Å²) in [5.41, 5.74) is 2.57. The number of aromatic nitrogens is 3. The normalized spacial score (nSPS) is 11.9. The standard InChI is InChI=1S/C25H17ClF3N3O2S/c26-19-12-31(9-8-23(33)34)21-7-6-16(10-18(19)21)32-13-20(30-14-32)22-11-17(15-4-2-1-3-5-15)24(35-22)25(27,28)29/h1-7,10-14H,8-9H2,(H,33,34). The van der Waals surface area contributed by atoms with E-state index in [4.69, 9.17) is 16.7 Å². The van der Waals surface area contributed by atoms with Gasteiger partial charge >= 0.3 is 12.1 Å². The molecule has 178 valence electrons. The van der Waals surface area contributed by atoms with Crippen LogP contribution < -0.4 is 0 Å². The minimum atomic E-state index is -4.48. The number of hydrogen-bond donors (Lipinski definition) is 1. The average molecular weight is 516 g/mol. The van der Waals surface area contributed by atoms with E-state index in [0.29, 0.717) is 32.5 Å². The Morgan fingerprint density at radius 1 is 1.09 bits per heavy atom. The molecule has 0 unspecified atom stereocenters. The fraction of sp³-hybridized carbons (Fsp3) is 0.120. The summed E-state index contributed by atoms with van der Waals surface area (Å²) in [5.74, 6) is -0.900. The number of halogens is 4. The van der Waals surface area contributed by atoms with Crippen molar-refractivity contribution >= 4 is 39.8 Å². The van der Waals surface area contributed by atoms with Gasteiger partial charge in [0.1, 0.15) is 4.88 Å². The molecular weight excluding hydrogens is 499 g/mol. The highest BCUT2D eigenvalue weighted by Gasteiger charge is 2.36. The Morgan fingerprint density at radius 3 is 2.57 bits per heavy atom. The number of thiophene rings is 1. The second kappa shape index (κ2) is 8.90. The number of fused-ring (bicyclic) bond motifs is 1. The summed E-state index contributed by atoms with van der Waals surface area (Å²) in [5, 5.41) is 10.2. The molecule has 0 aliphatic rings. The maximum absolute atomic E-state index is 13.8. The van der Waals surface area contributed by atoms with Gasteiger partial charge in [0, 0.05) is 41.1 Å². The third-order valence-electron chi connectivity index (χ3n) is 5.59. The van der Waals surface area contributed by atoms with Crippen LogP contribution in [-0.4, -0.2) is 25.2 Å². The monoisotopic (exact) mass is 515 g/mol. The van der Waals surface area contributed by atoms with Crippen LogP contribution in [0.1, 0.15) is 11.3 Å². The molecule has 0 fully saturated rings. The summed E-state index contributed by atoms with van der Waals surface area (Å²) in [6.45, 7) is 0.288. The summed E-state index contributed by atoms with van der Waals surface area (Å²) >= 11 is 7.04. The maximum atomic E-state index is 13.8. The summed E-state index contributed by atoms with van der Waals surface area (Å²) in [6.07, 6.45) is 0.399. The van der Waals surface area contributed by atoms with Crippen LogP contribution in [0.3, 0.4) is 0 Å². The number of aliphatic carboxylic acids is 1. The van der Waals surface area contributed by atoms with Crippen molar-refractivity contribution in [2.24, 2.45) is 0 Å². The number of aryl methyl sites for hydroxylation is 1. The second-order valence-corrected chi connectivity index (χ2v) is 9.36. The van der Waals surface area contributed by atoms with Gasteiger partial charge in [0.25, 0.3) is 0 Å². The molecule has 0 saturated heterocycles. The predicted octanol–water partition coefficient (Wildman–Crippen LogP) is 7.37. The third kappa shape index (κ3) is 4.56. The molecule has 10 heteroatoms. The quantitative estimate of drug-likeness (QED) is 0.257. The van der Waals surface area contributed by atoms with E-state index >= 15 is 0 Å². The Kier molecular flexibility index (Phi) is 5.90. The summed E-state index contributed by atoms with van der Waals surface area (Å²) in [6, 6.07) is 15.5. The lowest BCUT2D eigenvalue weighted by atomic mass is 10.1. The number of carboxylic acid groups (broad SMARTS) is 1. The van der Waals surface area contributed by atoms with Crippen molar-refractivity contribution in [3.63, 3.8) is 0 Å². The van der Waals surface area contributed by atoms with Crippen molar-refractivity contribution in [1.82, 2.24) is 14.1 Å². The number of imidazole rings is 1. The first-order valence-corrected chi connectivity index (χ1v) is 11.7. The number of nitrogens with zero attached hydrogens (tertiary/aromatic N) is 3. The van der Waals surface area contributed by atoms with Gasteiger partial charge in [0.05, 0.1) is 28.3 Å². The lowest BCUT2D eigenvalue weighted by Crippen LogP contribution is -2.03. The molecule has 5 nitrogen and oxygen atoms in total. The Morgan fingerprint density at radius 2 is 1.86 bits per heavy atom. The number of hydrogen-bond acceptors (Lipinski definition) is 3. The van der Waals surface area contributed by atoms with Crippen molar-refractivity contribution < 1.29 is 23.1 Å². The van der Waals surface area contributed by atoms with Crippen LogP contribution >= 0.6 is 22.9 Å². The lowest BCUT2D eigenvalue weighted by molar-refractivity contribution is -0.137. The third-order valence-corrected chi connectivity index (χ3v) is 7.09. The SMILES string of the molecule is O=C(O)CCn1cc(Cl)c2cc(-n3cnc(-c4cc(-c5ccccc5)c(C(F)(F)F)s4)c3)ccc21. The molecule has 0 amide bonds. The summed E-state index contributed by atoms with van der Waals surface area (Å²) < 4.78 is 44.8. The molecule has 0 bridgehead atoms. The van der Waals surface area contributed by atoms with Crippen LogP contribution in [0, 0.1) is 0 Å². The zero-order valence-corrected chi connectivity index (χ0v) is 19.5. The molecule has 1 N–H and O–H groups in total. The lowest BCUT2D eigenvalue weighted by Gasteiger charge is -2.07. The van der Waals surface area contributed by atoms with Crippen LogP contribution in [0.15, 0.2) is 73.3 Å². The average Bonchev–Trinajstić information content (AvgIpc) is 3.55. The van der Waals surface area contributed by atoms with E-state index in [2.05, 4.69) is 4.98 Å². The molecule has 0 aliphatic carbocycles. The Hall–Kier alpha value is -3.56. The van der Waals surface area contributed by atoms with E-state index in [9.17, 15) is 18.0 Å². The first-order chi connectivity index (χ1) is 16.7. The highest BCUT2D eigenvalue weighted by molar-refractivity contribution is 7.16. The van der Waals surface area contributed by atoms with E-state index in [0.717, 1.165) is 16.6 Å². The van der Waals surface area contributed by atoms with E-state index in [-0.39, 0.29) is 18.5 Å². The fourth-order valence-corrected chi connectivity index (χ4v) is 5.23. The number of carboxylic acids is 1. The van der Waals surface area contributed by atoms with Crippen molar-refractivity contribution in [3.05, 3.63) is 83.2 Å². The van der Waals surface area contributed by atoms with Crippen LogP contribution in [0.5, 0.6) is 0 Å². The highest BCUT2D eigenvalue weighted by atomic mass is 35.5. The first kappa shape index (κ1) is 23.2. The molecule has 35 heavy (non-hydrogen) atoms. The molecule has 0 aliphatic heterocycles. The zero-order chi connectivity index (χ0) is 24.7. The van der Waals surface area contributed by atoms with E-state index in [1.165, 1.54) is 6.07 Å². The molecule has 0 spiro atoms. The minimum Gasteiger partial charge on any atom is -0.481 e. The molecule has 0 radical (unpaired) electrons. The largest absolute Gasteiger partial charge is 0.481 e. The molecule has 0 atom stereocenters. The van der Waals surface area contributed by atoms with Crippen LogP contribution in [0.2, 0.25) is 5.02 Å². The Balaban J connectivity index is 1.50. The Bertz CT molecular complexity index is 1540. The number of carbonyl (C=O) groups is 1. The van der Waals surface area contributed by atoms with Gasteiger partial charge in [0.2, 0.25) is 0 Å².